The minimum Gasteiger partial charge on any atom is -0.384 e. The van der Waals surface area contributed by atoms with Gasteiger partial charge in [-0.15, -0.1) is 11.3 Å². The van der Waals surface area contributed by atoms with Gasteiger partial charge >= 0.3 is 0 Å². The quantitative estimate of drug-likeness (QED) is 0.884. The Morgan fingerprint density at radius 2 is 2.22 bits per heavy atom. The van der Waals surface area contributed by atoms with E-state index in [1.54, 1.807) is 0 Å². The van der Waals surface area contributed by atoms with E-state index in [4.69, 9.17) is 0 Å². The number of nitrogens with one attached hydrogen (secondary N) is 2. The van der Waals surface area contributed by atoms with Gasteiger partial charge in [-0.3, -0.25) is 4.79 Å². The van der Waals surface area contributed by atoms with Crippen molar-refractivity contribution in [3.63, 3.8) is 0 Å². The fourth-order valence-electron chi connectivity index (χ4n) is 2.01. The van der Waals surface area contributed by atoms with Crippen LogP contribution in [0, 0.1) is 0 Å². The lowest BCUT2D eigenvalue weighted by atomic mass is 10.1. The van der Waals surface area contributed by atoms with Crippen LogP contribution in [0.1, 0.15) is 15.2 Å². The number of anilines is 2. The Hall–Kier alpha value is -1.33. The minimum atomic E-state index is -0.0587. The van der Waals surface area contributed by atoms with Gasteiger partial charge in [-0.1, -0.05) is 0 Å². The highest BCUT2D eigenvalue weighted by atomic mass is 79.9. The molecule has 5 heteroatoms. The van der Waals surface area contributed by atoms with Crippen LogP contribution in [0.15, 0.2) is 34.1 Å². The van der Waals surface area contributed by atoms with Crippen LogP contribution < -0.4 is 10.6 Å². The van der Waals surface area contributed by atoms with Gasteiger partial charge in [-0.05, 0) is 58.2 Å². The molecule has 0 spiro atoms. The monoisotopic (exact) mass is 322 g/mol. The molecule has 3 rings (SSSR count). The fourth-order valence-corrected chi connectivity index (χ4v) is 3.29. The molecule has 0 bridgehead atoms. The SMILES string of the molecule is O=C(Nc1ccc2c(c1)CCN2)c1ccc(Br)s1. The Labute approximate surface area is 117 Å². The minimum absolute atomic E-state index is 0.0587. The number of carbonyl (C=O) groups is 1. The molecule has 0 atom stereocenters. The number of benzene rings is 1. The van der Waals surface area contributed by atoms with E-state index in [1.165, 1.54) is 22.6 Å². The van der Waals surface area contributed by atoms with Gasteiger partial charge in [0.05, 0.1) is 8.66 Å². The van der Waals surface area contributed by atoms with Gasteiger partial charge in [0.25, 0.3) is 5.91 Å². The molecule has 0 saturated carbocycles. The molecule has 92 valence electrons. The lowest BCUT2D eigenvalue weighted by Crippen LogP contribution is -2.10. The van der Waals surface area contributed by atoms with Gasteiger partial charge in [-0.2, -0.15) is 0 Å². The molecule has 1 aromatic carbocycles. The Morgan fingerprint density at radius 1 is 1.33 bits per heavy atom. The average molecular weight is 323 g/mol. The van der Waals surface area contributed by atoms with Crippen LogP contribution in [-0.4, -0.2) is 12.5 Å². The molecule has 0 fully saturated rings. The van der Waals surface area contributed by atoms with E-state index >= 15 is 0 Å². The normalized spacial score (nSPS) is 12.9. The second kappa shape index (κ2) is 4.74. The standard InChI is InChI=1S/C13H11BrN2OS/c14-12-4-3-11(18-12)13(17)16-9-1-2-10-8(7-9)5-6-15-10/h1-4,7,15H,5-6H2,(H,16,17). The molecular weight excluding hydrogens is 312 g/mol. The van der Waals surface area contributed by atoms with Gasteiger partial charge in [0.15, 0.2) is 0 Å². The topological polar surface area (TPSA) is 41.1 Å². The first-order valence-electron chi connectivity index (χ1n) is 5.66. The van der Waals surface area contributed by atoms with Gasteiger partial charge in [0.1, 0.15) is 0 Å². The van der Waals surface area contributed by atoms with Crippen molar-refractivity contribution < 1.29 is 4.79 Å². The molecule has 18 heavy (non-hydrogen) atoms. The number of thiophene rings is 1. The first-order chi connectivity index (χ1) is 8.72. The van der Waals surface area contributed by atoms with Gasteiger partial charge < -0.3 is 10.6 Å². The maximum Gasteiger partial charge on any atom is 0.265 e. The Bertz CT molecular complexity index is 609. The van der Waals surface area contributed by atoms with Crippen molar-refractivity contribution in [3.05, 3.63) is 44.6 Å². The first kappa shape index (κ1) is 11.7. The third kappa shape index (κ3) is 2.28. The average Bonchev–Trinajstić information content (AvgIpc) is 2.96. The van der Waals surface area contributed by atoms with Gasteiger partial charge in [0, 0.05) is 17.9 Å². The highest BCUT2D eigenvalue weighted by molar-refractivity contribution is 9.11. The van der Waals surface area contributed by atoms with Crippen molar-refractivity contribution >= 4 is 44.5 Å². The van der Waals surface area contributed by atoms with E-state index in [2.05, 4.69) is 26.6 Å². The lowest BCUT2D eigenvalue weighted by molar-refractivity contribution is 0.103. The summed E-state index contributed by atoms with van der Waals surface area (Å²) in [6.07, 6.45) is 1.02. The summed E-state index contributed by atoms with van der Waals surface area (Å²) in [5.74, 6) is -0.0587. The molecule has 1 aliphatic heterocycles. The van der Waals surface area contributed by atoms with Crippen molar-refractivity contribution in [3.8, 4) is 0 Å². The van der Waals surface area contributed by atoms with Crippen LogP contribution in [0.4, 0.5) is 11.4 Å². The van der Waals surface area contributed by atoms with Gasteiger partial charge in [-0.25, -0.2) is 0 Å². The molecule has 0 radical (unpaired) electrons. The summed E-state index contributed by atoms with van der Waals surface area (Å²) >= 11 is 4.79. The second-order valence-electron chi connectivity index (χ2n) is 4.11. The number of hydrogen-bond acceptors (Lipinski definition) is 3. The molecule has 1 aliphatic rings. The fraction of sp³-hybridized carbons (Fsp3) is 0.154. The highest BCUT2D eigenvalue weighted by Gasteiger charge is 2.12. The van der Waals surface area contributed by atoms with Crippen molar-refractivity contribution in [2.75, 3.05) is 17.2 Å². The van der Waals surface area contributed by atoms with Crippen LogP contribution in [0.3, 0.4) is 0 Å². The van der Waals surface area contributed by atoms with Crippen LogP contribution in [-0.2, 0) is 6.42 Å². The smallest absolute Gasteiger partial charge is 0.265 e. The maximum absolute atomic E-state index is 12.0. The second-order valence-corrected chi connectivity index (χ2v) is 6.57. The summed E-state index contributed by atoms with van der Waals surface area (Å²) in [6, 6.07) is 9.68. The Kier molecular flexibility index (Phi) is 3.09. The molecule has 3 nitrogen and oxygen atoms in total. The first-order valence-corrected chi connectivity index (χ1v) is 7.27. The van der Waals surface area contributed by atoms with E-state index in [1.807, 2.05) is 30.3 Å². The Morgan fingerprint density at radius 3 is 3.00 bits per heavy atom. The molecule has 2 heterocycles. The number of rotatable bonds is 2. The van der Waals surface area contributed by atoms with E-state index < -0.39 is 0 Å². The number of fused-ring (bicyclic) bond motifs is 1. The molecule has 2 aromatic rings. The predicted molar refractivity (Wildman–Crippen MR) is 78.6 cm³/mol. The molecule has 1 amide bonds. The summed E-state index contributed by atoms with van der Waals surface area (Å²) in [4.78, 5) is 12.7. The molecule has 0 aliphatic carbocycles. The molecule has 1 aromatic heterocycles. The Balaban J connectivity index is 1.78. The third-order valence-electron chi connectivity index (χ3n) is 2.87. The largest absolute Gasteiger partial charge is 0.384 e. The number of halogens is 1. The van der Waals surface area contributed by atoms with Crippen molar-refractivity contribution in [1.82, 2.24) is 0 Å². The lowest BCUT2D eigenvalue weighted by Gasteiger charge is -2.06. The van der Waals surface area contributed by atoms with E-state index in [9.17, 15) is 4.79 Å². The number of amides is 1. The molecular formula is C13H11BrN2OS. The van der Waals surface area contributed by atoms with Crippen LogP contribution in [0.2, 0.25) is 0 Å². The van der Waals surface area contributed by atoms with Crippen LogP contribution in [0.25, 0.3) is 0 Å². The summed E-state index contributed by atoms with van der Waals surface area (Å²) < 4.78 is 0.964. The summed E-state index contributed by atoms with van der Waals surface area (Å²) in [6.45, 7) is 0.977. The molecule has 2 N–H and O–H groups in total. The zero-order valence-electron chi connectivity index (χ0n) is 9.50. The van der Waals surface area contributed by atoms with Crippen LogP contribution >= 0.6 is 27.3 Å². The van der Waals surface area contributed by atoms with Crippen molar-refractivity contribution in [2.45, 2.75) is 6.42 Å². The van der Waals surface area contributed by atoms with Crippen LogP contribution in [0.5, 0.6) is 0 Å². The third-order valence-corrected chi connectivity index (χ3v) is 4.49. The zero-order chi connectivity index (χ0) is 12.5. The summed E-state index contributed by atoms with van der Waals surface area (Å²) in [5, 5.41) is 6.22. The molecule has 0 saturated heterocycles. The van der Waals surface area contributed by atoms with Crippen molar-refractivity contribution in [1.29, 1.82) is 0 Å². The number of carbonyl (C=O) groups excluding carboxylic acids is 1. The molecule has 0 unspecified atom stereocenters. The highest BCUT2D eigenvalue weighted by Crippen LogP contribution is 2.27. The van der Waals surface area contributed by atoms with Gasteiger partial charge in [0.2, 0.25) is 0 Å². The summed E-state index contributed by atoms with van der Waals surface area (Å²) in [7, 11) is 0. The van der Waals surface area contributed by atoms with E-state index in [0.29, 0.717) is 4.88 Å². The van der Waals surface area contributed by atoms with E-state index in [0.717, 1.165) is 22.4 Å². The zero-order valence-corrected chi connectivity index (χ0v) is 11.9. The van der Waals surface area contributed by atoms with Crippen molar-refractivity contribution in [2.24, 2.45) is 0 Å². The van der Waals surface area contributed by atoms with E-state index in [-0.39, 0.29) is 5.91 Å². The summed E-state index contributed by atoms with van der Waals surface area (Å²) in [5.41, 5.74) is 3.29. The predicted octanol–water partition coefficient (Wildman–Crippen LogP) is 3.73. The maximum atomic E-state index is 12.0. The number of hydrogen-bond donors (Lipinski definition) is 2.